The van der Waals surface area contributed by atoms with Crippen molar-refractivity contribution in [1.29, 1.82) is 0 Å². The van der Waals surface area contributed by atoms with E-state index < -0.39 is 0 Å². The molecule has 0 N–H and O–H groups in total. The molecule has 0 radical (unpaired) electrons. The van der Waals surface area contributed by atoms with Gasteiger partial charge in [0.25, 0.3) is 0 Å². The molecule has 0 fully saturated rings. The molecular formula is C14H13BrO2. The fraction of sp³-hybridized carbons (Fsp3) is 0.357. The van der Waals surface area contributed by atoms with Crippen molar-refractivity contribution in [3.8, 4) is 5.75 Å². The van der Waals surface area contributed by atoms with Crippen molar-refractivity contribution < 1.29 is 9.53 Å². The van der Waals surface area contributed by atoms with Crippen molar-refractivity contribution in [2.24, 2.45) is 11.8 Å². The summed E-state index contributed by atoms with van der Waals surface area (Å²) in [5, 5.41) is 0. The second-order valence-electron chi connectivity index (χ2n) is 4.76. The van der Waals surface area contributed by atoms with Gasteiger partial charge in [-0.15, -0.1) is 0 Å². The Morgan fingerprint density at radius 3 is 2.94 bits per heavy atom. The number of allylic oxidation sites excluding steroid dienone is 2. The van der Waals surface area contributed by atoms with Gasteiger partial charge < -0.3 is 4.74 Å². The van der Waals surface area contributed by atoms with Crippen molar-refractivity contribution in [3.63, 3.8) is 0 Å². The number of benzene rings is 1. The summed E-state index contributed by atoms with van der Waals surface area (Å²) in [6.07, 6.45) is 3.11. The van der Waals surface area contributed by atoms with Crippen molar-refractivity contribution in [3.05, 3.63) is 40.4 Å². The molecule has 0 aromatic heterocycles. The van der Waals surface area contributed by atoms with Crippen LogP contribution in [0.25, 0.3) is 0 Å². The van der Waals surface area contributed by atoms with Crippen molar-refractivity contribution in [2.75, 3.05) is 0 Å². The Morgan fingerprint density at radius 1 is 1.35 bits per heavy atom. The highest BCUT2D eigenvalue weighted by atomic mass is 79.9. The van der Waals surface area contributed by atoms with E-state index in [2.05, 4.69) is 28.9 Å². The first-order chi connectivity index (χ1) is 8.18. The molecule has 1 aromatic rings. The highest BCUT2D eigenvalue weighted by molar-refractivity contribution is 9.11. The smallest absolute Gasteiger partial charge is 0.315 e. The summed E-state index contributed by atoms with van der Waals surface area (Å²) in [6.45, 7) is 2.11. The number of hydrogen-bond acceptors (Lipinski definition) is 2. The summed E-state index contributed by atoms with van der Waals surface area (Å²) in [5.74, 6) is 1.03. The maximum atomic E-state index is 12.1. The standard InChI is InChI=1S/C14H13BrO2/c1-8-6-7-10(15)13-9-4-2-3-5-11(9)17-14(16)12(8)13/h2-5,7-8,12-13H,6H2,1H3/t8-,12+,13-/m0/s1. The summed E-state index contributed by atoms with van der Waals surface area (Å²) in [6, 6.07) is 7.81. The fourth-order valence-corrected chi connectivity index (χ4v) is 3.51. The Labute approximate surface area is 109 Å². The van der Waals surface area contributed by atoms with E-state index in [1.807, 2.05) is 24.3 Å². The van der Waals surface area contributed by atoms with E-state index in [-0.39, 0.29) is 17.8 Å². The number of carbonyl (C=O) groups excluding carboxylic acids is 1. The van der Waals surface area contributed by atoms with Crippen LogP contribution >= 0.6 is 15.9 Å². The third-order valence-electron chi connectivity index (χ3n) is 3.69. The minimum atomic E-state index is -0.0914. The van der Waals surface area contributed by atoms with Gasteiger partial charge in [0, 0.05) is 11.5 Å². The normalized spacial score (nSPS) is 31.1. The Kier molecular flexibility index (Phi) is 2.58. The lowest BCUT2D eigenvalue weighted by Crippen LogP contribution is -2.37. The van der Waals surface area contributed by atoms with Gasteiger partial charge >= 0.3 is 5.97 Å². The SMILES string of the molecule is C[C@H]1CC=C(Br)[C@@H]2c3ccccc3OC(=O)[C@@H]21. The van der Waals surface area contributed by atoms with Crippen LogP contribution in [-0.2, 0) is 4.79 Å². The van der Waals surface area contributed by atoms with Crippen LogP contribution in [0.15, 0.2) is 34.8 Å². The zero-order valence-corrected chi connectivity index (χ0v) is 11.1. The van der Waals surface area contributed by atoms with Gasteiger partial charge in [-0.3, -0.25) is 4.79 Å². The van der Waals surface area contributed by atoms with Crippen LogP contribution in [0.2, 0.25) is 0 Å². The lowest BCUT2D eigenvalue weighted by Gasteiger charge is -2.37. The Hall–Kier alpha value is -1.09. The van der Waals surface area contributed by atoms with E-state index in [1.54, 1.807) is 0 Å². The van der Waals surface area contributed by atoms with Crippen molar-refractivity contribution >= 4 is 21.9 Å². The van der Waals surface area contributed by atoms with Crippen LogP contribution < -0.4 is 4.74 Å². The Balaban J connectivity index is 2.17. The van der Waals surface area contributed by atoms with Gasteiger partial charge in [-0.1, -0.05) is 47.1 Å². The maximum absolute atomic E-state index is 12.1. The van der Waals surface area contributed by atoms with E-state index in [4.69, 9.17) is 4.74 Å². The topological polar surface area (TPSA) is 26.3 Å². The van der Waals surface area contributed by atoms with E-state index >= 15 is 0 Å². The van der Waals surface area contributed by atoms with Gasteiger partial charge in [-0.2, -0.15) is 0 Å². The van der Waals surface area contributed by atoms with E-state index in [0.717, 1.165) is 16.5 Å². The molecule has 1 aromatic carbocycles. The second-order valence-corrected chi connectivity index (χ2v) is 5.68. The molecule has 0 saturated carbocycles. The Bertz CT molecular complexity index is 507. The summed E-state index contributed by atoms with van der Waals surface area (Å²) >= 11 is 3.61. The number of esters is 1. The summed E-state index contributed by atoms with van der Waals surface area (Å²) in [5.41, 5.74) is 1.12. The van der Waals surface area contributed by atoms with Gasteiger partial charge in [0.15, 0.2) is 0 Å². The van der Waals surface area contributed by atoms with Gasteiger partial charge in [0.05, 0.1) is 5.92 Å². The molecule has 0 unspecified atom stereocenters. The molecule has 0 bridgehead atoms. The summed E-state index contributed by atoms with van der Waals surface area (Å²) in [4.78, 5) is 12.1. The maximum Gasteiger partial charge on any atom is 0.315 e. The lowest BCUT2D eigenvalue weighted by molar-refractivity contribution is -0.142. The number of ether oxygens (including phenoxy) is 1. The zero-order chi connectivity index (χ0) is 12.0. The minimum absolute atomic E-state index is 0.0516. The van der Waals surface area contributed by atoms with Crippen LogP contribution in [0.3, 0.4) is 0 Å². The highest BCUT2D eigenvalue weighted by Gasteiger charge is 2.43. The van der Waals surface area contributed by atoms with E-state index in [0.29, 0.717) is 11.7 Å². The molecule has 17 heavy (non-hydrogen) atoms. The quantitative estimate of drug-likeness (QED) is 0.539. The van der Waals surface area contributed by atoms with E-state index in [9.17, 15) is 4.79 Å². The monoisotopic (exact) mass is 292 g/mol. The molecule has 0 spiro atoms. The Morgan fingerprint density at radius 2 is 2.12 bits per heavy atom. The first-order valence-corrected chi connectivity index (χ1v) is 6.64. The number of rotatable bonds is 0. The first-order valence-electron chi connectivity index (χ1n) is 5.84. The van der Waals surface area contributed by atoms with Gasteiger partial charge in [0.1, 0.15) is 5.75 Å². The van der Waals surface area contributed by atoms with Gasteiger partial charge in [0.2, 0.25) is 0 Å². The second kappa shape index (κ2) is 3.98. The van der Waals surface area contributed by atoms with Crippen molar-refractivity contribution in [1.82, 2.24) is 0 Å². The first kappa shape index (κ1) is 11.0. The van der Waals surface area contributed by atoms with Crippen LogP contribution in [-0.4, -0.2) is 5.97 Å². The molecule has 88 valence electrons. The molecule has 2 nitrogen and oxygen atoms in total. The molecule has 3 rings (SSSR count). The molecule has 0 amide bonds. The summed E-state index contributed by atoms with van der Waals surface area (Å²) in [7, 11) is 0. The average Bonchev–Trinajstić information content (AvgIpc) is 2.33. The number of carbonyl (C=O) groups is 1. The average molecular weight is 293 g/mol. The third kappa shape index (κ3) is 1.64. The molecule has 0 saturated heterocycles. The van der Waals surface area contributed by atoms with Crippen LogP contribution in [0.5, 0.6) is 5.75 Å². The lowest BCUT2D eigenvalue weighted by atomic mass is 9.72. The molecule has 3 heteroatoms. The minimum Gasteiger partial charge on any atom is -0.426 e. The zero-order valence-electron chi connectivity index (χ0n) is 9.52. The van der Waals surface area contributed by atoms with Crippen LogP contribution in [0.1, 0.15) is 24.8 Å². The predicted molar refractivity (Wildman–Crippen MR) is 69.1 cm³/mol. The molecule has 1 aliphatic heterocycles. The molecule has 2 aliphatic rings. The third-order valence-corrected chi connectivity index (χ3v) is 4.51. The van der Waals surface area contributed by atoms with Gasteiger partial charge in [-0.05, 0) is 22.9 Å². The number of hydrogen-bond donors (Lipinski definition) is 0. The molecular weight excluding hydrogens is 280 g/mol. The molecule has 1 heterocycles. The number of para-hydroxylation sites is 1. The summed E-state index contributed by atoms with van der Waals surface area (Å²) < 4.78 is 6.55. The van der Waals surface area contributed by atoms with E-state index in [1.165, 1.54) is 0 Å². The predicted octanol–water partition coefficient (Wildman–Crippen LogP) is 3.62. The van der Waals surface area contributed by atoms with Crippen LogP contribution in [0, 0.1) is 11.8 Å². The molecule has 3 atom stereocenters. The van der Waals surface area contributed by atoms with Crippen LogP contribution in [0.4, 0.5) is 0 Å². The fourth-order valence-electron chi connectivity index (χ4n) is 2.79. The molecule has 1 aliphatic carbocycles. The number of fused-ring (bicyclic) bond motifs is 3. The largest absolute Gasteiger partial charge is 0.426 e. The van der Waals surface area contributed by atoms with Gasteiger partial charge in [-0.25, -0.2) is 0 Å². The number of halogens is 1. The highest BCUT2D eigenvalue weighted by Crippen LogP contribution is 2.49. The van der Waals surface area contributed by atoms with Crippen molar-refractivity contribution in [2.45, 2.75) is 19.3 Å².